The van der Waals surface area contributed by atoms with Crippen LogP contribution in [0, 0.1) is 12.7 Å². The van der Waals surface area contributed by atoms with Crippen LogP contribution in [0.1, 0.15) is 53.2 Å². The van der Waals surface area contributed by atoms with Crippen molar-refractivity contribution in [3.63, 3.8) is 0 Å². The topological polar surface area (TPSA) is 75.7 Å². The standard InChI is InChI=1S/C30H29FN2O4/c1-4-37-30(36)28-20(3)33(27(34)17-26(28)25-8-6-5-7-19(25)2)18-21-9-11-22(12-10-21)29(35)32-24-15-13-23(31)14-16-24/h5-16,26H,4,17-18H2,1-3H3,(H,32,35)/t26-/m0/s1. The second kappa shape index (κ2) is 11.2. The second-order valence-corrected chi connectivity index (χ2v) is 8.97. The summed E-state index contributed by atoms with van der Waals surface area (Å²) in [5, 5.41) is 2.73. The van der Waals surface area contributed by atoms with E-state index in [1.54, 1.807) is 43.0 Å². The molecular weight excluding hydrogens is 471 g/mol. The van der Waals surface area contributed by atoms with E-state index in [1.165, 1.54) is 24.3 Å². The Kier molecular flexibility index (Phi) is 7.82. The van der Waals surface area contributed by atoms with Gasteiger partial charge in [-0.25, -0.2) is 9.18 Å². The zero-order valence-corrected chi connectivity index (χ0v) is 21.1. The van der Waals surface area contributed by atoms with E-state index in [0.717, 1.165) is 16.7 Å². The minimum Gasteiger partial charge on any atom is -0.463 e. The van der Waals surface area contributed by atoms with E-state index >= 15 is 0 Å². The molecule has 6 nitrogen and oxygen atoms in total. The number of rotatable bonds is 7. The molecule has 1 heterocycles. The van der Waals surface area contributed by atoms with E-state index in [-0.39, 0.29) is 43.1 Å². The van der Waals surface area contributed by atoms with E-state index in [0.29, 0.717) is 22.5 Å². The SMILES string of the molecule is CCOC(=O)C1=C(C)N(Cc2ccc(C(=O)Nc3ccc(F)cc3)cc2)C(=O)C[C@H]1c1ccccc1C. The Morgan fingerprint density at radius 2 is 1.68 bits per heavy atom. The number of hydrogen-bond acceptors (Lipinski definition) is 4. The Morgan fingerprint density at radius 1 is 1.00 bits per heavy atom. The van der Waals surface area contributed by atoms with Gasteiger partial charge in [0, 0.05) is 29.3 Å². The third-order valence-corrected chi connectivity index (χ3v) is 6.54. The van der Waals surface area contributed by atoms with Gasteiger partial charge in [0.25, 0.3) is 5.91 Å². The molecule has 0 aromatic heterocycles. The molecule has 1 N–H and O–H groups in total. The molecule has 0 saturated carbocycles. The lowest BCUT2D eigenvalue weighted by Crippen LogP contribution is -2.38. The molecule has 0 fully saturated rings. The molecule has 0 saturated heterocycles. The highest BCUT2D eigenvalue weighted by atomic mass is 19.1. The van der Waals surface area contributed by atoms with Crippen LogP contribution in [0.25, 0.3) is 0 Å². The van der Waals surface area contributed by atoms with Crippen molar-refractivity contribution >= 4 is 23.5 Å². The quantitative estimate of drug-likeness (QED) is 0.420. The fourth-order valence-corrected chi connectivity index (χ4v) is 4.60. The third kappa shape index (κ3) is 5.77. The first-order valence-electron chi connectivity index (χ1n) is 12.2. The van der Waals surface area contributed by atoms with Gasteiger partial charge >= 0.3 is 5.97 Å². The molecule has 3 aromatic rings. The van der Waals surface area contributed by atoms with Crippen LogP contribution >= 0.6 is 0 Å². The van der Waals surface area contributed by atoms with Gasteiger partial charge in [-0.2, -0.15) is 0 Å². The van der Waals surface area contributed by atoms with Gasteiger partial charge in [0.2, 0.25) is 5.91 Å². The highest BCUT2D eigenvalue weighted by Crippen LogP contribution is 2.38. The van der Waals surface area contributed by atoms with Gasteiger partial charge in [-0.1, -0.05) is 36.4 Å². The Balaban J connectivity index is 1.57. The van der Waals surface area contributed by atoms with Crippen LogP contribution in [0.4, 0.5) is 10.1 Å². The molecule has 7 heteroatoms. The Bertz CT molecular complexity index is 1350. The minimum atomic E-state index is -0.418. The monoisotopic (exact) mass is 500 g/mol. The summed E-state index contributed by atoms with van der Waals surface area (Å²) >= 11 is 0. The second-order valence-electron chi connectivity index (χ2n) is 8.97. The van der Waals surface area contributed by atoms with Crippen LogP contribution in [-0.2, 0) is 20.9 Å². The van der Waals surface area contributed by atoms with Crippen molar-refractivity contribution in [1.82, 2.24) is 4.90 Å². The van der Waals surface area contributed by atoms with Gasteiger partial charge in [-0.3, -0.25) is 9.59 Å². The van der Waals surface area contributed by atoms with Crippen molar-refractivity contribution in [2.75, 3.05) is 11.9 Å². The van der Waals surface area contributed by atoms with Gasteiger partial charge in [0.05, 0.1) is 18.7 Å². The maximum absolute atomic E-state index is 13.3. The summed E-state index contributed by atoms with van der Waals surface area (Å²) in [5.41, 5.74) is 4.74. The van der Waals surface area contributed by atoms with Crippen LogP contribution in [0.2, 0.25) is 0 Å². The van der Waals surface area contributed by atoms with Crippen molar-refractivity contribution < 1.29 is 23.5 Å². The van der Waals surface area contributed by atoms with Crippen molar-refractivity contribution in [1.29, 1.82) is 0 Å². The fraction of sp³-hybridized carbons (Fsp3) is 0.233. The molecular formula is C30H29FN2O4. The number of hydrogen-bond donors (Lipinski definition) is 1. The molecule has 0 spiro atoms. The molecule has 1 atom stereocenters. The molecule has 1 aliphatic heterocycles. The summed E-state index contributed by atoms with van der Waals surface area (Å²) in [6.07, 6.45) is 0.161. The number of anilines is 1. The van der Waals surface area contributed by atoms with Gasteiger partial charge in [-0.05, 0) is 73.9 Å². The number of allylic oxidation sites excluding steroid dienone is 1. The van der Waals surface area contributed by atoms with E-state index < -0.39 is 5.97 Å². The molecule has 0 unspecified atom stereocenters. The fourth-order valence-electron chi connectivity index (χ4n) is 4.60. The summed E-state index contributed by atoms with van der Waals surface area (Å²) in [6.45, 7) is 6.01. The van der Waals surface area contributed by atoms with E-state index in [4.69, 9.17) is 4.74 Å². The van der Waals surface area contributed by atoms with Crippen LogP contribution < -0.4 is 5.32 Å². The molecule has 0 aliphatic carbocycles. The maximum Gasteiger partial charge on any atom is 0.336 e. The molecule has 3 aromatic carbocycles. The normalized spacial score (nSPS) is 15.5. The van der Waals surface area contributed by atoms with E-state index in [9.17, 15) is 18.8 Å². The van der Waals surface area contributed by atoms with Crippen LogP contribution in [0.15, 0.2) is 84.1 Å². The van der Waals surface area contributed by atoms with Crippen molar-refractivity contribution in [3.05, 3.63) is 112 Å². The predicted octanol–water partition coefficient (Wildman–Crippen LogP) is 5.74. The van der Waals surface area contributed by atoms with Crippen LogP contribution in [0.3, 0.4) is 0 Å². The molecule has 2 amide bonds. The number of benzene rings is 3. The Hall–Kier alpha value is -4.26. The van der Waals surface area contributed by atoms with Gasteiger partial charge in [-0.15, -0.1) is 0 Å². The number of carbonyl (C=O) groups excluding carboxylic acids is 3. The first-order valence-corrected chi connectivity index (χ1v) is 12.2. The molecule has 0 radical (unpaired) electrons. The number of nitrogens with one attached hydrogen (secondary N) is 1. The van der Waals surface area contributed by atoms with Crippen molar-refractivity contribution in [2.24, 2.45) is 0 Å². The number of amides is 2. The van der Waals surface area contributed by atoms with Crippen molar-refractivity contribution in [3.8, 4) is 0 Å². The molecule has 190 valence electrons. The highest BCUT2D eigenvalue weighted by Gasteiger charge is 2.37. The Morgan fingerprint density at radius 3 is 2.32 bits per heavy atom. The summed E-state index contributed by atoms with van der Waals surface area (Å²) in [4.78, 5) is 40.5. The number of ether oxygens (including phenoxy) is 1. The lowest BCUT2D eigenvalue weighted by atomic mass is 9.81. The number of carbonyl (C=O) groups is 3. The third-order valence-electron chi connectivity index (χ3n) is 6.54. The van der Waals surface area contributed by atoms with Crippen molar-refractivity contribution in [2.45, 2.75) is 39.7 Å². The zero-order chi connectivity index (χ0) is 26.5. The summed E-state index contributed by atoms with van der Waals surface area (Å²) < 4.78 is 18.5. The smallest absolute Gasteiger partial charge is 0.336 e. The molecule has 37 heavy (non-hydrogen) atoms. The van der Waals surface area contributed by atoms with Gasteiger partial charge in [0.1, 0.15) is 5.82 Å². The number of aryl methyl sites for hydroxylation is 1. The summed E-state index contributed by atoms with van der Waals surface area (Å²) in [6, 6.07) is 20.2. The molecule has 4 rings (SSSR count). The summed E-state index contributed by atoms with van der Waals surface area (Å²) in [7, 11) is 0. The molecule has 0 bridgehead atoms. The number of nitrogens with zero attached hydrogens (tertiary/aromatic N) is 1. The average molecular weight is 501 g/mol. The number of esters is 1. The van der Waals surface area contributed by atoms with E-state index in [2.05, 4.69) is 5.32 Å². The van der Waals surface area contributed by atoms with Gasteiger partial charge in [0.15, 0.2) is 0 Å². The largest absolute Gasteiger partial charge is 0.463 e. The zero-order valence-electron chi connectivity index (χ0n) is 21.1. The highest BCUT2D eigenvalue weighted by molar-refractivity contribution is 6.04. The Labute approximate surface area is 215 Å². The van der Waals surface area contributed by atoms with E-state index in [1.807, 2.05) is 31.2 Å². The van der Waals surface area contributed by atoms with Gasteiger partial charge < -0.3 is 15.0 Å². The first-order chi connectivity index (χ1) is 17.8. The first kappa shape index (κ1) is 25.8. The maximum atomic E-state index is 13.3. The van der Waals surface area contributed by atoms with Crippen LogP contribution in [0.5, 0.6) is 0 Å². The number of halogens is 1. The minimum absolute atomic E-state index is 0.0862. The summed E-state index contributed by atoms with van der Waals surface area (Å²) in [5.74, 6) is -1.58. The lowest BCUT2D eigenvalue weighted by Gasteiger charge is -2.35. The lowest BCUT2D eigenvalue weighted by molar-refractivity contribution is -0.140. The van der Waals surface area contributed by atoms with Crippen LogP contribution in [-0.4, -0.2) is 29.3 Å². The average Bonchev–Trinajstić information content (AvgIpc) is 2.88. The predicted molar refractivity (Wildman–Crippen MR) is 139 cm³/mol. The molecule has 1 aliphatic rings.